The van der Waals surface area contributed by atoms with E-state index in [1.54, 1.807) is 0 Å². The number of hydrogen-bond donors (Lipinski definition) is 0. The normalized spacial score (nSPS) is 32.6. The monoisotopic (exact) mass is 212 g/mol. The first kappa shape index (κ1) is 13.0. The first-order valence-corrected chi connectivity index (χ1v) is 6.20. The lowest BCUT2D eigenvalue weighted by Gasteiger charge is -2.50. The molecule has 0 aliphatic carbocycles. The number of hydrogen-bond acceptors (Lipinski definition) is 2. The van der Waals surface area contributed by atoms with E-state index < -0.39 is 0 Å². The standard InChI is InChI=1S/C13H28N2/c1-10(2)14(6)12-8-11(3)15(7)13(4,5)9-12/h10-12H,8-9H2,1-7H3. The van der Waals surface area contributed by atoms with Gasteiger partial charge in [0.15, 0.2) is 0 Å². The summed E-state index contributed by atoms with van der Waals surface area (Å²) in [6.45, 7) is 11.7. The van der Waals surface area contributed by atoms with Crippen LogP contribution >= 0.6 is 0 Å². The average Bonchev–Trinajstić information content (AvgIpc) is 2.11. The lowest BCUT2D eigenvalue weighted by atomic mass is 9.83. The highest BCUT2D eigenvalue weighted by Crippen LogP contribution is 2.32. The molecule has 0 aromatic heterocycles. The lowest BCUT2D eigenvalue weighted by molar-refractivity contribution is 0.000181. The van der Waals surface area contributed by atoms with E-state index in [4.69, 9.17) is 0 Å². The largest absolute Gasteiger partial charge is 0.301 e. The van der Waals surface area contributed by atoms with Crippen molar-refractivity contribution >= 4 is 0 Å². The number of piperidine rings is 1. The van der Waals surface area contributed by atoms with Gasteiger partial charge in [0.1, 0.15) is 0 Å². The average molecular weight is 212 g/mol. The molecule has 1 aliphatic rings. The number of nitrogens with zero attached hydrogens (tertiary/aromatic N) is 2. The van der Waals surface area contributed by atoms with Crippen molar-refractivity contribution < 1.29 is 0 Å². The summed E-state index contributed by atoms with van der Waals surface area (Å²) in [5.74, 6) is 0. The third kappa shape index (κ3) is 2.73. The molecule has 1 aliphatic heterocycles. The van der Waals surface area contributed by atoms with Crippen LogP contribution in [0.3, 0.4) is 0 Å². The molecule has 0 saturated carbocycles. The van der Waals surface area contributed by atoms with Gasteiger partial charge in [-0.25, -0.2) is 0 Å². The molecule has 0 radical (unpaired) electrons. The predicted molar refractivity (Wildman–Crippen MR) is 67.2 cm³/mol. The highest BCUT2D eigenvalue weighted by atomic mass is 15.2. The highest BCUT2D eigenvalue weighted by Gasteiger charge is 2.38. The molecule has 2 nitrogen and oxygen atoms in total. The summed E-state index contributed by atoms with van der Waals surface area (Å²) in [7, 11) is 4.53. The minimum absolute atomic E-state index is 0.339. The summed E-state index contributed by atoms with van der Waals surface area (Å²) in [6.07, 6.45) is 2.58. The molecule has 1 fully saturated rings. The van der Waals surface area contributed by atoms with Crippen LogP contribution in [0.25, 0.3) is 0 Å². The molecule has 2 atom stereocenters. The molecule has 15 heavy (non-hydrogen) atoms. The lowest BCUT2D eigenvalue weighted by Crippen LogP contribution is -2.57. The van der Waals surface area contributed by atoms with Gasteiger partial charge in [0.2, 0.25) is 0 Å². The summed E-state index contributed by atoms with van der Waals surface area (Å²) in [5, 5.41) is 0. The Balaban J connectivity index is 2.72. The Morgan fingerprint density at radius 2 is 1.87 bits per heavy atom. The summed E-state index contributed by atoms with van der Waals surface area (Å²) >= 11 is 0. The van der Waals surface area contributed by atoms with Gasteiger partial charge in [0.25, 0.3) is 0 Å². The fourth-order valence-corrected chi connectivity index (χ4v) is 2.68. The summed E-state index contributed by atoms with van der Waals surface area (Å²) in [6, 6.07) is 2.09. The zero-order valence-electron chi connectivity index (χ0n) is 11.5. The molecule has 1 rings (SSSR count). The molecule has 90 valence electrons. The van der Waals surface area contributed by atoms with Crippen molar-refractivity contribution in [3.8, 4) is 0 Å². The fraction of sp³-hybridized carbons (Fsp3) is 1.00. The molecular weight excluding hydrogens is 184 g/mol. The third-order valence-corrected chi connectivity index (χ3v) is 4.35. The van der Waals surface area contributed by atoms with E-state index in [9.17, 15) is 0 Å². The van der Waals surface area contributed by atoms with Crippen LogP contribution in [0.1, 0.15) is 47.5 Å². The van der Waals surface area contributed by atoms with Gasteiger partial charge in [0, 0.05) is 23.7 Å². The summed E-state index contributed by atoms with van der Waals surface area (Å²) in [5.41, 5.74) is 0.339. The van der Waals surface area contributed by atoms with Crippen LogP contribution in [0.15, 0.2) is 0 Å². The van der Waals surface area contributed by atoms with Gasteiger partial charge < -0.3 is 4.90 Å². The van der Waals surface area contributed by atoms with E-state index in [-0.39, 0.29) is 0 Å². The van der Waals surface area contributed by atoms with Gasteiger partial charge in [-0.3, -0.25) is 4.90 Å². The van der Waals surface area contributed by atoms with Crippen LogP contribution in [0.5, 0.6) is 0 Å². The second-order valence-electron chi connectivity index (χ2n) is 6.13. The fourth-order valence-electron chi connectivity index (χ4n) is 2.68. The second-order valence-corrected chi connectivity index (χ2v) is 6.13. The molecule has 0 aromatic carbocycles. The smallest absolute Gasteiger partial charge is 0.0167 e. The van der Waals surface area contributed by atoms with Crippen molar-refractivity contribution in [2.24, 2.45) is 0 Å². The Hall–Kier alpha value is -0.0800. The van der Waals surface area contributed by atoms with Crippen molar-refractivity contribution in [2.75, 3.05) is 14.1 Å². The molecule has 0 amide bonds. The first-order chi connectivity index (χ1) is 6.75. The Morgan fingerprint density at radius 3 is 2.27 bits per heavy atom. The van der Waals surface area contributed by atoms with Gasteiger partial charge in [0.05, 0.1) is 0 Å². The van der Waals surface area contributed by atoms with Gasteiger partial charge in [-0.1, -0.05) is 0 Å². The number of likely N-dealkylation sites (tertiary alicyclic amines) is 1. The number of rotatable bonds is 2. The predicted octanol–water partition coefficient (Wildman–Crippen LogP) is 2.59. The topological polar surface area (TPSA) is 6.48 Å². The Morgan fingerprint density at radius 1 is 1.33 bits per heavy atom. The Labute approximate surface area is 95.6 Å². The van der Waals surface area contributed by atoms with Crippen LogP contribution in [0.4, 0.5) is 0 Å². The van der Waals surface area contributed by atoms with Gasteiger partial charge in [-0.05, 0) is 61.6 Å². The van der Waals surface area contributed by atoms with Gasteiger partial charge in [-0.2, -0.15) is 0 Å². The molecule has 0 bridgehead atoms. The molecule has 0 aromatic rings. The third-order valence-electron chi connectivity index (χ3n) is 4.35. The molecule has 2 unspecified atom stereocenters. The summed E-state index contributed by atoms with van der Waals surface area (Å²) < 4.78 is 0. The van der Waals surface area contributed by atoms with E-state index in [1.807, 2.05) is 0 Å². The van der Waals surface area contributed by atoms with Crippen molar-refractivity contribution in [1.82, 2.24) is 9.80 Å². The maximum absolute atomic E-state index is 2.53. The van der Waals surface area contributed by atoms with Crippen LogP contribution in [0, 0.1) is 0 Å². The minimum Gasteiger partial charge on any atom is -0.301 e. The first-order valence-electron chi connectivity index (χ1n) is 6.20. The molecule has 0 spiro atoms. The molecular formula is C13H28N2. The Bertz CT molecular complexity index is 211. The maximum atomic E-state index is 2.53. The molecule has 2 heteroatoms. The second kappa shape index (κ2) is 4.42. The van der Waals surface area contributed by atoms with Crippen molar-refractivity contribution in [3.63, 3.8) is 0 Å². The Kier molecular flexibility index (Phi) is 3.83. The quantitative estimate of drug-likeness (QED) is 0.694. The van der Waals surface area contributed by atoms with E-state index in [0.717, 1.165) is 6.04 Å². The zero-order chi connectivity index (χ0) is 11.8. The van der Waals surface area contributed by atoms with Gasteiger partial charge >= 0.3 is 0 Å². The van der Waals surface area contributed by atoms with Crippen molar-refractivity contribution in [2.45, 2.75) is 71.1 Å². The van der Waals surface area contributed by atoms with E-state index in [1.165, 1.54) is 12.8 Å². The zero-order valence-corrected chi connectivity index (χ0v) is 11.5. The SMILES string of the molecule is CC(C)N(C)C1CC(C)N(C)C(C)(C)C1. The van der Waals surface area contributed by atoms with Crippen LogP contribution in [0.2, 0.25) is 0 Å². The molecule has 0 N–H and O–H groups in total. The minimum atomic E-state index is 0.339. The van der Waals surface area contributed by atoms with Crippen molar-refractivity contribution in [3.05, 3.63) is 0 Å². The van der Waals surface area contributed by atoms with Crippen molar-refractivity contribution in [1.29, 1.82) is 0 Å². The van der Waals surface area contributed by atoms with Gasteiger partial charge in [-0.15, -0.1) is 0 Å². The molecule has 1 heterocycles. The summed E-state index contributed by atoms with van der Waals surface area (Å²) in [4.78, 5) is 5.06. The highest BCUT2D eigenvalue weighted by molar-refractivity contribution is 4.95. The van der Waals surface area contributed by atoms with E-state index in [0.29, 0.717) is 17.6 Å². The van der Waals surface area contributed by atoms with Crippen LogP contribution in [-0.4, -0.2) is 47.6 Å². The maximum Gasteiger partial charge on any atom is 0.0167 e. The van der Waals surface area contributed by atoms with E-state index >= 15 is 0 Å². The van der Waals surface area contributed by atoms with E-state index in [2.05, 4.69) is 58.5 Å². The molecule has 1 saturated heterocycles. The van der Waals surface area contributed by atoms with Crippen LogP contribution < -0.4 is 0 Å². The van der Waals surface area contributed by atoms with Crippen LogP contribution in [-0.2, 0) is 0 Å².